The van der Waals surface area contributed by atoms with E-state index in [1.807, 2.05) is 0 Å². The van der Waals surface area contributed by atoms with Gasteiger partial charge in [0.25, 0.3) is 0 Å². The number of nitrogens with zero attached hydrogens (tertiary/aromatic N) is 1. The number of amides is 1. The summed E-state index contributed by atoms with van der Waals surface area (Å²) < 4.78 is 0. The molecule has 2 aliphatic rings. The zero-order valence-electron chi connectivity index (χ0n) is 6.68. The van der Waals surface area contributed by atoms with E-state index in [2.05, 4.69) is 10.2 Å². The lowest BCUT2D eigenvalue weighted by Crippen LogP contribution is -2.37. The van der Waals surface area contributed by atoms with Crippen LogP contribution in [0.15, 0.2) is 0 Å². The lowest BCUT2D eigenvalue weighted by Gasteiger charge is -2.27. The molecule has 0 aromatic rings. The fourth-order valence-electron chi connectivity index (χ4n) is 1.95. The SMILES string of the molecule is O=C1NCCN2CCCC1C2. The molecule has 2 atom stereocenters. The smallest absolute Gasteiger partial charge is 0.224 e. The molecule has 0 aliphatic carbocycles. The van der Waals surface area contributed by atoms with Crippen LogP contribution in [0, 0.1) is 5.92 Å². The Morgan fingerprint density at radius 1 is 1.45 bits per heavy atom. The van der Waals surface area contributed by atoms with Crippen LogP contribution >= 0.6 is 0 Å². The van der Waals surface area contributed by atoms with Gasteiger partial charge in [-0.15, -0.1) is 0 Å². The minimum Gasteiger partial charge on any atom is -0.355 e. The summed E-state index contributed by atoms with van der Waals surface area (Å²) in [5.41, 5.74) is 0. The number of hydrogen-bond donors (Lipinski definition) is 1. The highest BCUT2D eigenvalue weighted by atomic mass is 16.1. The minimum atomic E-state index is 0.271. The first-order valence-corrected chi connectivity index (χ1v) is 4.36. The molecule has 2 heterocycles. The topological polar surface area (TPSA) is 32.3 Å². The summed E-state index contributed by atoms with van der Waals surface area (Å²) in [6.45, 7) is 4.06. The third-order valence-corrected chi connectivity index (χ3v) is 2.60. The van der Waals surface area contributed by atoms with E-state index < -0.39 is 0 Å². The van der Waals surface area contributed by atoms with Gasteiger partial charge in [-0.25, -0.2) is 0 Å². The Labute approximate surface area is 66.8 Å². The van der Waals surface area contributed by atoms with Crippen molar-refractivity contribution in [1.82, 2.24) is 10.2 Å². The molecule has 62 valence electrons. The first-order valence-electron chi connectivity index (χ1n) is 4.36. The van der Waals surface area contributed by atoms with Gasteiger partial charge in [0.05, 0.1) is 5.92 Å². The van der Waals surface area contributed by atoms with E-state index in [4.69, 9.17) is 0 Å². The van der Waals surface area contributed by atoms with Crippen LogP contribution in [0.25, 0.3) is 0 Å². The van der Waals surface area contributed by atoms with Crippen molar-refractivity contribution in [2.45, 2.75) is 12.8 Å². The molecule has 3 heteroatoms. The molecule has 1 N–H and O–H groups in total. The molecule has 11 heavy (non-hydrogen) atoms. The second-order valence-electron chi connectivity index (χ2n) is 3.43. The minimum absolute atomic E-state index is 0.271. The van der Waals surface area contributed by atoms with Crippen LogP contribution < -0.4 is 5.32 Å². The van der Waals surface area contributed by atoms with Crippen molar-refractivity contribution in [2.75, 3.05) is 26.2 Å². The van der Waals surface area contributed by atoms with Gasteiger partial charge in [-0.3, -0.25) is 4.79 Å². The average Bonchev–Trinajstić information content (AvgIpc) is 2.14. The van der Waals surface area contributed by atoms with Crippen molar-refractivity contribution < 1.29 is 4.79 Å². The number of fused-ring (bicyclic) bond motifs is 2. The van der Waals surface area contributed by atoms with Gasteiger partial charge in [0.15, 0.2) is 0 Å². The monoisotopic (exact) mass is 154 g/mol. The van der Waals surface area contributed by atoms with Crippen molar-refractivity contribution in [2.24, 2.45) is 5.92 Å². The number of hydrogen-bond acceptors (Lipinski definition) is 2. The standard InChI is InChI=1S/C8H14N2O/c11-8-7-2-1-4-10(6-7)5-3-9-8/h7H,1-6H2,(H,9,11). The number of nitrogens with one attached hydrogen (secondary N) is 1. The Kier molecular flexibility index (Phi) is 1.82. The molecule has 2 fully saturated rings. The third-order valence-electron chi connectivity index (χ3n) is 2.60. The lowest BCUT2D eigenvalue weighted by atomic mass is 9.98. The van der Waals surface area contributed by atoms with E-state index in [9.17, 15) is 4.79 Å². The fraction of sp³-hybridized carbons (Fsp3) is 0.875. The number of carbonyl (C=O) groups is 1. The van der Waals surface area contributed by atoms with Crippen LogP contribution in [0.1, 0.15) is 12.8 Å². The van der Waals surface area contributed by atoms with Gasteiger partial charge in [0, 0.05) is 19.6 Å². The molecule has 0 radical (unpaired) electrons. The van der Waals surface area contributed by atoms with Crippen LogP contribution in [0.4, 0.5) is 0 Å². The largest absolute Gasteiger partial charge is 0.355 e. The van der Waals surface area contributed by atoms with Crippen molar-refractivity contribution >= 4 is 5.91 Å². The summed E-state index contributed by atoms with van der Waals surface area (Å²) in [5, 5.41) is 2.94. The van der Waals surface area contributed by atoms with Gasteiger partial charge in [-0.1, -0.05) is 0 Å². The normalized spacial score (nSPS) is 37.6. The van der Waals surface area contributed by atoms with E-state index in [0.717, 1.165) is 26.1 Å². The predicted molar refractivity (Wildman–Crippen MR) is 42.2 cm³/mol. The molecule has 3 nitrogen and oxygen atoms in total. The second-order valence-corrected chi connectivity index (χ2v) is 3.43. The molecular formula is C8H14N2O. The Morgan fingerprint density at radius 3 is 3.27 bits per heavy atom. The zero-order chi connectivity index (χ0) is 7.68. The lowest BCUT2D eigenvalue weighted by molar-refractivity contribution is -0.125. The highest BCUT2D eigenvalue weighted by Crippen LogP contribution is 2.17. The van der Waals surface area contributed by atoms with Crippen LogP contribution in [0.2, 0.25) is 0 Å². The number of carbonyl (C=O) groups excluding carboxylic acids is 1. The zero-order valence-corrected chi connectivity index (χ0v) is 6.68. The van der Waals surface area contributed by atoms with Gasteiger partial charge >= 0.3 is 0 Å². The molecule has 0 spiro atoms. The van der Waals surface area contributed by atoms with Crippen molar-refractivity contribution in [3.05, 3.63) is 0 Å². The van der Waals surface area contributed by atoms with Gasteiger partial charge in [-0.05, 0) is 19.4 Å². The van der Waals surface area contributed by atoms with E-state index in [1.54, 1.807) is 0 Å². The molecule has 2 saturated heterocycles. The summed E-state index contributed by atoms with van der Waals surface area (Å²) in [7, 11) is 0. The predicted octanol–water partition coefficient (Wildman–Crippen LogP) is -0.172. The van der Waals surface area contributed by atoms with E-state index in [1.165, 1.54) is 13.0 Å². The van der Waals surface area contributed by atoms with Crippen LogP contribution in [-0.2, 0) is 4.79 Å². The number of piperidine rings is 1. The average molecular weight is 154 g/mol. The molecule has 2 bridgehead atoms. The van der Waals surface area contributed by atoms with E-state index in [0.29, 0.717) is 0 Å². The molecular weight excluding hydrogens is 140 g/mol. The first kappa shape index (κ1) is 7.10. The summed E-state index contributed by atoms with van der Waals surface area (Å²) >= 11 is 0. The van der Waals surface area contributed by atoms with Gasteiger partial charge < -0.3 is 10.2 Å². The third kappa shape index (κ3) is 1.38. The molecule has 0 aromatic heterocycles. The number of rotatable bonds is 0. The molecule has 2 aliphatic heterocycles. The Bertz CT molecular complexity index is 169. The van der Waals surface area contributed by atoms with E-state index >= 15 is 0 Å². The highest BCUT2D eigenvalue weighted by molar-refractivity contribution is 5.79. The van der Waals surface area contributed by atoms with Crippen LogP contribution in [0.3, 0.4) is 0 Å². The Morgan fingerprint density at radius 2 is 2.36 bits per heavy atom. The van der Waals surface area contributed by atoms with Crippen LogP contribution in [-0.4, -0.2) is 37.0 Å². The second kappa shape index (κ2) is 2.81. The van der Waals surface area contributed by atoms with Crippen molar-refractivity contribution in [1.29, 1.82) is 0 Å². The van der Waals surface area contributed by atoms with Crippen LogP contribution in [0.5, 0.6) is 0 Å². The maximum Gasteiger partial charge on any atom is 0.224 e. The summed E-state index contributed by atoms with van der Waals surface area (Å²) in [6.07, 6.45) is 2.28. The summed E-state index contributed by atoms with van der Waals surface area (Å²) in [5.74, 6) is 0.554. The molecule has 2 rings (SSSR count). The van der Waals surface area contributed by atoms with Gasteiger partial charge in [-0.2, -0.15) is 0 Å². The fourth-order valence-corrected chi connectivity index (χ4v) is 1.95. The van der Waals surface area contributed by atoms with E-state index in [-0.39, 0.29) is 11.8 Å². The summed E-state index contributed by atoms with van der Waals surface area (Å²) in [6, 6.07) is 0. The maximum absolute atomic E-state index is 11.3. The maximum atomic E-state index is 11.3. The van der Waals surface area contributed by atoms with Gasteiger partial charge in [0.1, 0.15) is 0 Å². The Balaban J connectivity index is 2.07. The molecule has 2 unspecified atom stereocenters. The summed E-state index contributed by atoms with van der Waals surface area (Å²) in [4.78, 5) is 13.7. The molecule has 0 saturated carbocycles. The highest BCUT2D eigenvalue weighted by Gasteiger charge is 2.27. The molecule has 1 amide bonds. The molecule has 0 aromatic carbocycles. The quantitative estimate of drug-likeness (QED) is 0.525. The van der Waals surface area contributed by atoms with Crippen molar-refractivity contribution in [3.63, 3.8) is 0 Å². The Hall–Kier alpha value is -0.570. The first-order chi connectivity index (χ1) is 5.36. The van der Waals surface area contributed by atoms with Gasteiger partial charge in [0.2, 0.25) is 5.91 Å². The van der Waals surface area contributed by atoms with Crippen molar-refractivity contribution in [3.8, 4) is 0 Å².